The summed E-state index contributed by atoms with van der Waals surface area (Å²) in [5.74, 6) is -6.36. The van der Waals surface area contributed by atoms with Crippen LogP contribution in [0.15, 0.2) is 18.2 Å². The minimum atomic E-state index is -5.75. The van der Waals surface area contributed by atoms with Crippen LogP contribution in [0.2, 0.25) is 5.02 Å². The molecule has 0 unspecified atom stereocenters. The Morgan fingerprint density at radius 3 is 2.05 bits per heavy atom. The van der Waals surface area contributed by atoms with Gasteiger partial charge in [-0.25, -0.2) is 0 Å². The first-order chi connectivity index (χ1) is 8.93. The summed E-state index contributed by atoms with van der Waals surface area (Å²) in [6.45, 7) is 0. The average Bonchev–Trinajstić information content (AvgIpc) is 2.18. The summed E-state index contributed by atoms with van der Waals surface area (Å²) in [5.41, 5.74) is 5.05. The second-order valence-corrected chi connectivity index (χ2v) is 4.15. The molecule has 0 heterocycles. The van der Waals surface area contributed by atoms with E-state index in [4.69, 9.17) is 17.3 Å². The van der Waals surface area contributed by atoms with Gasteiger partial charge in [0.15, 0.2) is 0 Å². The van der Waals surface area contributed by atoms with Crippen LogP contribution in [0.1, 0.15) is 0 Å². The molecule has 0 saturated heterocycles. The van der Waals surface area contributed by atoms with Crippen LogP contribution in [-0.4, -0.2) is 18.3 Å². The zero-order valence-electron chi connectivity index (χ0n) is 9.44. The van der Waals surface area contributed by atoms with E-state index in [1.165, 1.54) is 5.32 Å². The molecule has 0 atom stereocenters. The number of alkyl halides is 6. The molecule has 10 heteroatoms. The monoisotopic (exact) mass is 320 g/mol. The number of halogens is 7. The Balaban J connectivity index is 3.00. The van der Waals surface area contributed by atoms with Crippen LogP contribution in [0.25, 0.3) is 0 Å². The van der Waals surface area contributed by atoms with E-state index in [0.29, 0.717) is 0 Å². The van der Waals surface area contributed by atoms with Gasteiger partial charge in [0.25, 0.3) is 0 Å². The average molecular weight is 321 g/mol. The van der Waals surface area contributed by atoms with Crippen LogP contribution in [0, 0.1) is 5.92 Å². The number of nitrogens with one attached hydrogen (secondary N) is 1. The summed E-state index contributed by atoms with van der Waals surface area (Å²) in [6.07, 6.45) is -11.5. The molecule has 0 radical (unpaired) electrons. The van der Waals surface area contributed by atoms with Gasteiger partial charge in [-0.2, -0.15) is 26.3 Å². The van der Waals surface area contributed by atoms with E-state index in [9.17, 15) is 31.1 Å². The van der Waals surface area contributed by atoms with Crippen LogP contribution in [0.3, 0.4) is 0 Å². The summed E-state index contributed by atoms with van der Waals surface area (Å²) in [7, 11) is 0. The third kappa shape index (κ3) is 3.92. The molecular weight excluding hydrogens is 314 g/mol. The summed E-state index contributed by atoms with van der Waals surface area (Å²) < 4.78 is 73.7. The normalized spacial score (nSPS) is 12.6. The fourth-order valence-electron chi connectivity index (χ4n) is 1.30. The van der Waals surface area contributed by atoms with Crippen LogP contribution < -0.4 is 11.1 Å². The molecule has 0 aliphatic heterocycles. The fraction of sp³-hybridized carbons (Fsp3) is 0.300. The molecular formula is C10H7ClF6N2O. The zero-order chi connectivity index (χ0) is 15.7. The first-order valence-corrected chi connectivity index (χ1v) is 5.30. The van der Waals surface area contributed by atoms with Crippen molar-refractivity contribution in [2.45, 2.75) is 12.4 Å². The first-order valence-electron chi connectivity index (χ1n) is 4.92. The van der Waals surface area contributed by atoms with Crippen molar-refractivity contribution in [3.8, 4) is 0 Å². The number of hydrogen-bond donors (Lipinski definition) is 2. The molecule has 20 heavy (non-hydrogen) atoms. The fourth-order valence-corrected chi connectivity index (χ4v) is 1.48. The van der Waals surface area contributed by atoms with Gasteiger partial charge in [0, 0.05) is 5.69 Å². The Labute approximate surface area is 113 Å². The number of nitrogens with two attached hydrogens (primary N) is 1. The molecule has 1 rings (SSSR count). The lowest BCUT2D eigenvalue weighted by atomic mass is 10.1. The van der Waals surface area contributed by atoms with Crippen molar-refractivity contribution in [3.63, 3.8) is 0 Å². The van der Waals surface area contributed by atoms with Crippen molar-refractivity contribution in [1.29, 1.82) is 0 Å². The summed E-state index contributed by atoms with van der Waals surface area (Å²) in [5, 5.41) is 1.39. The maximum Gasteiger partial charge on any atom is 0.409 e. The summed E-state index contributed by atoms with van der Waals surface area (Å²) >= 11 is 5.54. The van der Waals surface area contributed by atoms with Crippen LogP contribution in [-0.2, 0) is 4.79 Å². The van der Waals surface area contributed by atoms with Crippen molar-refractivity contribution in [2.24, 2.45) is 5.92 Å². The van der Waals surface area contributed by atoms with Gasteiger partial charge >= 0.3 is 12.4 Å². The van der Waals surface area contributed by atoms with E-state index in [0.717, 1.165) is 18.2 Å². The number of benzene rings is 1. The van der Waals surface area contributed by atoms with Crippen molar-refractivity contribution in [2.75, 3.05) is 11.1 Å². The Hall–Kier alpha value is -1.64. The van der Waals surface area contributed by atoms with Crippen molar-refractivity contribution < 1.29 is 31.1 Å². The lowest BCUT2D eigenvalue weighted by Crippen LogP contribution is -2.45. The Morgan fingerprint density at radius 1 is 1.15 bits per heavy atom. The van der Waals surface area contributed by atoms with E-state index >= 15 is 0 Å². The molecule has 0 aromatic heterocycles. The van der Waals surface area contributed by atoms with E-state index in [-0.39, 0.29) is 16.4 Å². The SMILES string of the molecule is Nc1ccc(NC(=O)C(C(F)(F)F)C(F)(F)F)cc1Cl. The third-order valence-corrected chi connectivity index (χ3v) is 2.51. The van der Waals surface area contributed by atoms with Gasteiger partial charge in [-0.15, -0.1) is 0 Å². The number of carbonyl (C=O) groups is 1. The quantitative estimate of drug-likeness (QED) is 0.646. The predicted octanol–water partition coefficient (Wildman–Crippen LogP) is 3.60. The standard InChI is InChI=1S/C10H7ClF6N2O/c11-5-3-4(1-2-6(5)18)19-8(20)7(9(12,13)14)10(15,16)17/h1-3,7H,18H2,(H,19,20). The highest BCUT2D eigenvalue weighted by molar-refractivity contribution is 6.33. The molecule has 0 aliphatic rings. The molecule has 0 fully saturated rings. The van der Waals surface area contributed by atoms with E-state index in [1.807, 2.05) is 0 Å². The van der Waals surface area contributed by atoms with E-state index < -0.39 is 24.2 Å². The number of rotatable bonds is 2. The second kappa shape index (κ2) is 5.39. The number of nitrogen functional groups attached to an aromatic ring is 1. The number of carbonyl (C=O) groups excluding carboxylic acids is 1. The highest BCUT2D eigenvalue weighted by Gasteiger charge is 2.61. The Kier molecular flexibility index (Phi) is 4.42. The number of anilines is 2. The highest BCUT2D eigenvalue weighted by Crippen LogP contribution is 2.40. The number of amides is 1. The van der Waals surface area contributed by atoms with E-state index in [2.05, 4.69) is 0 Å². The number of hydrogen-bond acceptors (Lipinski definition) is 2. The topological polar surface area (TPSA) is 55.1 Å². The first kappa shape index (κ1) is 16.4. The van der Waals surface area contributed by atoms with Gasteiger partial charge in [-0.3, -0.25) is 4.79 Å². The largest absolute Gasteiger partial charge is 0.409 e. The Morgan fingerprint density at radius 2 is 1.65 bits per heavy atom. The van der Waals surface area contributed by atoms with Crippen molar-refractivity contribution in [3.05, 3.63) is 23.2 Å². The molecule has 0 bridgehead atoms. The lowest BCUT2D eigenvalue weighted by Gasteiger charge is -2.22. The molecule has 1 aromatic rings. The van der Waals surface area contributed by atoms with E-state index in [1.54, 1.807) is 0 Å². The molecule has 112 valence electrons. The van der Waals surface area contributed by atoms with Crippen LogP contribution in [0.4, 0.5) is 37.7 Å². The van der Waals surface area contributed by atoms with Gasteiger partial charge < -0.3 is 11.1 Å². The third-order valence-electron chi connectivity index (χ3n) is 2.18. The Bertz CT molecular complexity index is 499. The summed E-state index contributed by atoms with van der Waals surface area (Å²) in [4.78, 5) is 11.2. The van der Waals surface area contributed by atoms with Gasteiger partial charge in [-0.1, -0.05) is 11.6 Å². The van der Waals surface area contributed by atoms with Crippen LogP contribution >= 0.6 is 11.6 Å². The van der Waals surface area contributed by atoms with Gasteiger partial charge in [0.05, 0.1) is 10.7 Å². The molecule has 1 aromatic carbocycles. The minimum Gasteiger partial charge on any atom is -0.398 e. The zero-order valence-corrected chi connectivity index (χ0v) is 10.2. The molecule has 0 spiro atoms. The molecule has 3 nitrogen and oxygen atoms in total. The lowest BCUT2D eigenvalue weighted by molar-refractivity contribution is -0.272. The van der Waals surface area contributed by atoms with Crippen molar-refractivity contribution >= 4 is 28.9 Å². The summed E-state index contributed by atoms with van der Waals surface area (Å²) in [6, 6.07) is 3.11. The maximum atomic E-state index is 12.3. The van der Waals surface area contributed by atoms with Gasteiger partial charge in [0.1, 0.15) is 0 Å². The molecule has 1 amide bonds. The molecule has 0 saturated carbocycles. The van der Waals surface area contributed by atoms with Crippen LogP contribution in [0.5, 0.6) is 0 Å². The highest BCUT2D eigenvalue weighted by atomic mass is 35.5. The second-order valence-electron chi connectivity index (χ2n) is 3.74. The molecule has 3 N–H and O–H groups in total. The maximum absolute atomic E-state index is 12.3. The minimum absolute atomic E-state index is 0.0628. The van der Waals surface area contributed by atoms with Crippen molar-refractivity contribution in [1.82, 2.24) is 0 Å². The van der Waals surface area contributed by atoms with Gasteiger partial charge in [0.2, 0.25) is 11.8 Å². The predicted molar refractivity (Wildman–Crippen MR) is 60.1 cm³/mol. The van der Waals surface area contributed by atoms with Gasteiger partial charge in [-0.05, 0) is 18.2 Å². The smallest absolute Gasteiger partial charge is 0.398 e. The molecule has 0 aliphatic carbocycles.